The third kappa shape index (κ3) is 4.69. The van der Waals surface area contributed by atoms with Gasteiger partial charge in [0, 0.05) is 44.6 Å². The Hall–Kier alpha value is -3.20. The highest BCUT2D eigenvalue weighted by atomic mass is 32.2. The molecule has 1 unspecified atom stereocenters. The van der Waals surface area contributed by atoms with Gasteiger partial charge < -0.3 is 9.47 Å². The molecule has 8 nitrogen and oxygen atoms in total. The van der Waals surface area contributed by atoms with Crippen molar-refractivity contribution in [2.24, 2.45) is 0 Å². The van der Waals surface area contributed by atoms with E-state index in [1.807, 2.05) is 11.0 Å². The molecule has 184 valence electrons. The highest BCUT2D eigenvalue weighted by molar-refractivity contribution is 7.92. The molecule has 5 rings (SSSR count). The molecule has 1 aromatic heterocycles. The lowest BCUT2D eigenvalue weighted by Crippen LogP contribution is -2.39. The molecule has 1 saturated heterocycles. The summed E-state index contributed by atoms with van der Waals surface area (Å²) >= 11 is 0. The van der Waals surface area contributed by atoms with E-state index in [0.717, 1.165) is 50.3 Å². The minimum atomic E-state index is -3.72. The number of nitrogens with zero attached hydrogens (tertiary/aromatic N) is 5. The van der Waals surface area contributed by atoms with Crippen molar-refractivity contribution in [2.45, 2.75) is 55.9 Å². The van der Waals surface area contributed by atoms with E-state index < -0.39 is 10.0 Å². The van der Waals surface area contributed by atoms with Gasteiger partial charge in [-0.25, -0.2) is 8.42 Å². The number of hydrogen-bond donors (Lipinski definition) is 0. The second-order valence-corrected chi connectivity index (χ2v) is 11.3. The van der Waals surface area contributed by atoms with Crippen LogP contribution >= 0.6 is 0 Å². The van der Waals surface area contributed by atoms with Crippen molar-refractivity contribution in [3.8, 4) is 0 Å². The van der Waals surface area contributed by atoms with E-state index >= 15 is 0 Å². The molecule has 0 N–H and O–H groups in total. The van der Waals surface area contributed by atoms with Gasteiger partial charge in [-0.1, -0.05) is 24.6 Å². The Morgan fingerprint density at radius 3 is 2.49 bits per heavy atom. The monoisotopic (exact) mass is 493 g/mol. The summed E-state index contributed by atoms with van der Waals surface area (Å²) in [6, 6.07) is 15.2. The number of piperidine rings is 1. The second-order valence-electron chi connectivity index (χ2n) is 9.36. The lowest BCUT2D eigenvalue weighted by atomic mass is 9.96. The molecular formula is C26H31N5O3S. The third-order valence-electron chi connectivity index (χ3n) is 7.09. The maximum absolute atomic E-state index is 13.3. The number of benzene rings is 2. The SMILES string of the molecule is CN(c1ccccc1)S(=O)(=O)c1ccc(C(=O)N2CCCC(c3nnc4n3CCCCC4)C2)cc1. The van der Waals surface area contributed by atoms with Gasteiger partial charge in [0.2, 0.25) is 0 Å². The van der Waals surface area contributed by atoms with Crippen LogP contribution < -0.4 is 4.31 Å². The summed E-state index contributed by atoms with van der Waals surface area (Å²) in [5.41, 5.74) is 1.07. The van der Waals surface area contributed by atoms with E-state index in [9.17, 15) is 13.2 Å². The molecule has 3 heterocycles. The Bertz CT molecular complexity index is 1290. The molecule has 0 spiro atoms. The first-order valence-electron chi connectivity index (χ1n) is 12.3. The molecular weight excluding hydrogens is 462 g/mol. The number of carbonyl (C=O) groups excluding carboxylic acids is 1. The number of aryl methyl sites for hydroxylation is 1. The normalized spacial score (nSPS) is 18.5. The highest BCUT2D eigenvalue weighted by Crippen LogP contribution is 2.29. The number of likely N-dealkylation sites (tertiary alicyclic amines) is 1. The smallest absolute Gasteiger partial charge is 0.264 e. The van der Waals surface area contributed by atoms with Crippen molar-refractivity contribution >= 4 is 21.6 Å². The zero-order valence-electron chi connectivity index (χ0n) is 20.0. The molecule has 3 aromatic rings. The van der Waals surface area contributed by atoms with Crippen molar-refractivity contribution in [1.29, 1.82) is 0 Å². The average molecular weight is 494 g/mol. The molecule has 0 aliphatic carbocycles. The number of para-hydroxylation sites is 1. The maximum Gasteiger partial charge on any atom is 0.264 e. The van der Waals surface area contributed by atoms with Crippen molar-refractivity contribution in [3.05, 3.63) is 71.8 Å². The van der Waals surface area contributed by atoms with Gasteiger partial charge in [-0.05, 0) is 62.1 Å². The molecule has 9 heteroatoms. The standard InChI is InChI=1S/C26H31N5O3S/c1-29(22-10-4-2-5-11-22)35(33,34)23-15-13-20(14-16-23)26(32)30-17-8-9-21(19-30)25-28-27-24-12-6-3-7-18-31(24)25/h2,4-5,10-11,13-16,21H,3,6-9,12,17-19H2,1H3. The van der Waals surface area contributed by atoms with Gasteiger partial charge in [0.15, 0.2) is 0 Å². The van der Waals surface area contributed by atoms with E-state index in [0.29, 0.717) is 24.3 Å². The van der Waals surface area contributed by atoms with Crippen molar-refractivity contribution < 1.29 is 13.2 Å². The molecule has 0 saturated carbocycles. The summed E-state index contributed by atoms with van der Waals surface area (Å²) in [7, 11) is -2.19. The molecule has 2 aliphatic rings. The summed E-state index contributed by atoms with van der Waals surface area (Å²) in [5, 5.41) is 8.95. The Labute approximate surface area is 206 Å². The predicted molar refractivity (Wildman–Crippen MR) is 134 cm³/mol. The number of carbonyl (C=O) groups is 1. The van der Waals surface area contributed by atoms with Gasteiger partial charge in [0.05, 0.1) is 10.6 Å². The molecule has 2 aliphatic heterocycles. The van der Waals surface area contributed by atoms with Gasteiger partial charge in [0.1, 0.15) is 11.6 Å². The highest BCUT2D eigenvalue weighted by Gasteiger charge is 2.30. The Morgan fingerprint density at radius 2 is 1.71 bits per heavy atom. The van der Waals surface area contributed by atoms with Crippen LogP contribution in [0.15, 0.2) is 59.5 Å². The average Bonchev–Trinajstić information content (AvgIpc) is 3.16. The second kappa shape index (κ2) is 9.81. The summed E-state index contributed by atoms with van der Waals surface area (Å²) in [4.78, 5) is 15.3. The van der Waals surface area contributed by atoms with Crippen LogP contribution in [0.5, 0.6) is 0 Å². The minimum Gasteiger partial charge on any atom is -0.338 e. The largest absolute Gasteiger partial charge is 0.338 e. The van der Waals surface area contributed by atoms with Crippen LogP contribution in [0.1, 0.15) is 60.0 Å². The molecule has 2 aromatic carbocycles. The number of amides is 1. The maximum atomic E-state index is 13.3. The molecule has 35 heavy (non-hydrogen) atoms. The number of fused-ring (bicyclic) bond motifs is 1. The van der Waals surface area contributed by atoms with Crippen LogP contribution in [0.25, 0.3) is 0 Å². The van der Waals surface area contributed by atoms with Gasteiger partial charge in [-0.2, -0.15) is 0 Å². The van der Waals surface area contributed by atoms with E-state index in [1.54, 1.807) is 36.4 Å². The molecule has 0 radical (unpaired) electrons. The fraction of sp³-hybridized carbons (Fsp3) is 0.423. The molecule has 1 amide bonds. The van der Waals surface area contributed by atoms with Crippen molar-refractivity contribution in [3.63, 3.8) is 0 Å². The van der Waals surface area contributed by atoms with Gasteiger partial charge in [-0.3, -0.25) is 9.10 Å². The molecule has 0 bridgehead atoms. The zero-order valence-corrected chi connectivity index (χ0v) is 20.8. The topological polar surface area (TPSA) is 88.4 Å². The van der Waals surface area contributed by atoms with E-state index in [2.05, 4.69) is 14.8 Å². The van der Waals surface area contributed by atoms with Crippen LogP contribution in [0.2, 0.25) is 0 Å². The first kappa shape index (κ1) is 23.5. The summed E-state index contributed by atoms with van der Waals surface area (Å²) in [5.74, 6) is 2.17. The Balaban J connectivity index is 1.30. The zero-order chi connectivity index (χ0) is 24.4. The van der Waals surface area contributed by atoms with E-state index in [-0.39, 0.29) is 16.7 Å². The van der Waals surface area contributed by atoms with Crippen molar-refractivity contribution in [1.82, 2.24) is 19.7 Å². The van der Waals surface area contributed by atoms with Crippen molar-refractivity contribution in [2.75, 3.05) is 24.4 Å². The fourth-order valence-corrected chi connectivity index (χ4v) is 6.26. The predicted octanol–water partition coefficient (Wildman–Crippen LogP) is 3.85. The number of rotatable bonds is 5. The molecule has 1 atom stereocenters. The van der Waals surface area contributed by atoms with E-state index in [4.69, 9.17) is 0 Å². The number of sulfonamides is 1. The van der Waals surface area contributed by atoms with Gasteiger partial charge in [-0.15, -0.1) is 10.2 Å². The first-order valence-corrected chi connectivity index (χ1v) is 13.7. The molecule has 1 fully saturated rings. The van der Waals surface area contributed by atoms with Gasteiger partial charge >= 0.3 is 0 Å². The summed E-state index contributed by atoms with van der Waals surface area (Å²) in [6.45, 7) is 2.25. The van der Waals surface area contributed by atoms with Crippen LogP contribution in [-0.2, 0) is 23.0 Å². The number of hydrogen-bond acceptors (Lipinski definition) is 5. The fourth-order valence-electron chi connectivity index (χ4n) is 5.07. The Kier molecular flexibility index (Phi) is 6.60. The lowest BCUT2D eigenvalue weighted by Gasteiger charge is -2.32. The van der Waals surface area contributed by atoms with Crippen LogP contribution in [0, 0.1) is 0 Å². The van der Waals surface area contributed by atoms with Crippen LogP contribution in [0.3, 0.4) is 0 Å². The summed E-state index contributed by atoms with van der Waals surface area (Å²) < 4.78 is 29.6. The summed E-state index contributed by atoms with van der Waals surface area (Å²) in [6.07, 6.45) is 6.38. The van der Waals surface area contributed by atoms with E-state index in [1.165, 1.54) is 29.9 Å². The quantitative estimate of drug-likeness (QED) is 0.539. The van der Waals surface area contributed by atoms with Crippen LogP contribution in [-0.4, -0.2) is 54.1 Å². The first-order chi connectivity index (χ1) is 16.9. The number of aromatic nitrogens is 3. The third-order valence-corrected chi connectivity index (χ3v) is 8.89. The minimum absolute atomic E-state index is 0.0781. The number of anilines is 1. The lowest BCUT2D eigenvalue weighted by molar-refractivity contribution is 0.0703. The van der Waals surface area contributed by atoms with Crippen LogP contribution in [0.4, 0.5) is 5.69 Å². The Morgan fingerprint density at radius 1 is 0.943 bits per heavy atom. The van der Waals surface area contributed by atoms with Gasteiger partial charge in [0.25, 0.3) is 15.9 Å².